The largest absolute Gasteiger partial charge is 0.491 e. The highest BCUT2D eigenvalue weighted by Gasteiger charge is 2.34. The smallest absolute Gasteiger partial charge is 0.417 e. The molecular formula is C33H32ClF4NO4S. The predicted molar refractivity (Wildman–Crippen MR) is 163 cm³/mol. The summed E-state index contributed by atoms with van der Waals surface area (Å²) in [6.45, 7) is 1.94. The lowest BCUT2D eigenvalue weighted by molar-refractivity contribution is -0.137. The second-order valence-electron chi connectivity index (χ2n) is 10.4. The van der Waals surface area contributed by atoms with Crippen LogP contribution in [0, 0.1) is 5.82 Å². The molecule has 0 amide bonds. The van der Waals surface area contributed by atoms with Crippen molar-refractivity contribution in [3.8, 4) is 5.75 Å². The molecule has 0 fully saturated rings. The Balaban J connectivity index is 1.61. The van der Waals surface area contributed by atoms with Gasteiger partial charge in [0.1, 0.15) is 11.6 Å². The van der Waals surface area contributed by atoms with E-state index in [1.807, 2.05) is 65.6 Å². The number of hydrogen-bond donors (Lipinski definition) is 2. The molecule has 0 aromatic heterocycles. The minimum Gasteiger partial charge on any atom is -0.491 e. The van der Waals surface area contributed by atoms with Crippen LogP contribution in [-0.4, -0.2) is 38.0 Å². The van der Waals surface area contributed by atoms with E-state index in [4.69, 9.17) is 16.3 Å². The van der Waals surface area contributed by atoms with Gasteiger partial charge in [0.15, 0.2) is 11.1 Å². The van der Waals surface area contributed by atoms with Gasteiger partial charge in [-0.3, -0.25) is 4.90 Å². The van der Waals surface area contributed by atoms with E-state index >= 15 is 0 Å². The number of aliphatic hydroxyl groups excluding tert-OH is 1. The average molecular weight is 650 g/mol. The van der Waals surface area contributed by atoms with E-state index in [0.717, 1.165) is 23.3 Å². The number of rotatable bonds is 13. The third-order valence-corrected chi connectivity index (χ3v) is 8.47. The van der Waals surface area contributed by atoms with Gasteiger partial charge >= 0.3 is 6.18 Å². The van der Waals surface area contributed by atoms with E-state index < -0.39 is 41.3 Å². The summed E-state index contributed by atoms with van der Waals surface area (Å²) in [6.07, 6.45) is -4.73. The summed E-state index contributed by atoms with van der Waals surface area (Å²) < 4.78 is 82.6. The lowest BCUT2D eigenvalue weighted by Crippen LogP contribution is -2.32. The fourth-order valence-electron chi connectivity index (χ4n) is 5.05. The summed E-state index contributed by atoms with van der Waals surface area (Å²) in [6, 6.07) is 25.7. The second kappa shape index (κ2) is 15.1. The predicted octanol–water partition coefficient (Wildman–Crippen LogP) is 8.06. The Kier molecular flexibility index (Phi) is 11.6. The van der Waals surface area contributed by atoms with E-state index in [0.29, 0.717) is 25.1 Å². The Morgan fingerprint density at radius 1 is 0.955 bits per heavy atom. The normalized spacial score (nSPS) is 13.3. The van der Waals surface area contributed by atoms with Crippen LogP contribution in [-0.2, 0) is 30.4 Å². The molecule has 2 atom stereocenters. The van der Waals surface area contributed by atoms with Crippen LogP contribution in [0.3, 0.4) is 0 Å². The molecule has 4 aromatic rings. The van der Waals surface area contributed by atoms with Crippen molar-refractivity contribution in [1.29, 1.82) is 0 Å². The molecular weight excluding hydrogens is 618 g/mol. The number of ether oxygens (including phenoxy) is 1. The fraction of sp³-hybridized carbons (Fsp3) is 0.273. The number of benzene rings is 4. The van der Waals surface area contributed by atoms with Gasteiger partial charge in [-0.25, -0.2) is 8.60 Å². The Morgan fingerprint density at radius 2 is 1.57 bits per heavy atom. The van der Waals surface area contributed by atoms with Gasteiger partial charge in [0, 0.05) is 37.2 Å². The molecule has 11 heteroatoms. The molecule has 0 radical (unpaired) electrons. The third kappa shape index (κ3) is 8.67. The van der Waals surface area contributed by atoms with E-state index in [1.165, 1.54) is 12.1 Å². The number of halogens is 5. The molecule has 0 aliphatic rings. The number of nitrogens with zero attached hydrogens (tertiary/aromatic N) is 1. The van der Waals surface area contributed by atoms with Crippen LogP contribution in [0.25, 0.3) is 0 Å². The van der Waals surface area contributed by atoms with Crippen LogP contribution in [0.5, 0.6) is 5.75 Å². The number of hydrogen-bond acceptors (Lipinski definition) is 4. The van der Waals surface area contributed by atoms with Gasteiger partial charge in [0.25, 0.3) is 0 Å². The van der Waals surface area contributed by atoms with Gasteiger partial charge in [-0.1, -0.05) is 84.4 Å². The number of alkyl halides is 3. The Bertz CT molecular complexity index is 1520. The van der Waals surface area contributed by atoms with Crippen LogP contribution in [0.4, 0.5) is 17.6 Å². The summed E-state index contributed by atoms with van der Waals surface area (Å²) in [5, 5.41) is 9.05. The highest BCUT2D eigenvalue weighted by molar-refractivity contribution is 7.79. The monoisotopic (exact) mass is 649 g/mol. The van der Waals surface area contributed by atoms with Crippen LogP contribution in [0.1, 0.15) is 47.1 Å². The first-order chi connectivity index (χ1) is 21.0. The molecule has 0 aliphatic heterocycles. The van der Waals surface area contributed by atoms with Crippen LogP contribution >= 0.6 is 11.6 Å². The first kappa shape index (κ1) is 33.6. The molecule has 4 aromatic carbocycles. The summed E-state index contributed by atoms with van der Waals surface area (Å²) >= 11 is 3.74. The molecule has 2 N–H and O–H groups in total. The minimum atomic E-state index is -4.60. The Morgan fingerprint density at radius 3 is 2.11 bits per heavy atom. The average Bonchev–Trinajstić information content (AvgIpc) is 2.99. The highest BCUT2D eigenvalue weighted by Crippen LogP contribution is 2.37. The van der Waals surface area contributed by atoms with Crippen LogP contribution in [0.2, 0.25) is 5.02 Å². The zero-order valence-electron chi connectivity index (χ0n) is 23.8. The third-order valence-electron chi connectivity index (χ3n) is 7.29. The SMILES string of the molecule is C[C@H](CCN(Cc1cccc(C(F)(F)F)c1Cl)CC(c1ccccc1)c1ccccc1)Oc1cc(F)c(CO)c(S(=O)O)c1. The van der Waals surface area contributed by atoms with Crippen molar-refractivity contribution in [3.63, 3.8) is 0 Å². The molecule has 0 saturated heterocycles. The zero-order valence-corrected chi connectivity index (χ0v) is 25.4. The fourth-order valence-corrected chi connectivity index (χ4v) is 5.93. The van der Waals surface area contributed by atoms with Crippen molar-refractivity contribution >= 4 is 22.7 Å². The van der Waals surface area contributed by atoms with Gasteiger partial charge in [-0.05, 0) is 42.2 Å². The second-order valence-corrected chi connectivity index (χ2v) is 11.7. The maximum absolute atomic E-state index is 14.5. The lowest BCUT2D eigenvalue weighted by Gasteiger charge is -2.30. The van der Waals surface area contributed by atoms with Crippen molar-refractivity contribution < 1.29 is 36.2 Å². The Labute approximate surface area is 261 Å². The Hall–Kier alpha value is -3.28. The number of aliphatic hydroxyl groups is 1. The van der Waals surface area contributed by atoms with Crippen LogP contribution in [0.15, 0.2) is 95.9 Å². The lowest BCUT2D eigenvalue weighted by atomic mass is 9.90. The van der Waals surface area contributed by atoms with Gasteiger partial charge in [0.2, 0.25) is 0 Å². The van der Waals surface area contributed by atoms with Crippen LogP contribution < -0.4 is 4.74 Å². The van der Waals surface area contributed by atoms with E-state index in [-0.39, 0.29) is 33.7 Å². The maximum Gasteiger partial charge on any atom is 0.417 e. The summed E-state index contributed by atoms with van der Waals surface area (Å²) in [5.41, 5.74) is 1.20. The molecule has 44 heavy (non-hydrogen) atoms. The van der Waals surface area contributed by atoms with E-state index in [9.17, 15) is 31.4 Å². The van der Waals surface area contributed by atoms with Crippen molar-refractivity contribution in [3.05, 3.63) is 130 Å². The van der Waals surface area contributed by atoms with Gasteiger partial charge in [0.05, 0.1) is 28.2 Å². The van der Waals surface area contributed by atoms with E-state index in [1.54, 1.807) is 13.0 Å². The highest BCUT2D eigenvalue weighted by atomic mass is 35.5. The van der Waals surface area contributed by atoms with Crippen molar-refractivity contribution in [2.45, 2.75) is 49.6 Å². The van der Waals surface area contributed by atoms with Crippen molar-refractivity contribution in [2.24, 2.45) is 0 Å². The first-order valence-electron chi connectivity index (χ1n) is 13.9. The standard InChI is InChI=1S/C33H32ClF4NO4S/c1-22(43-26-17-30(35)28(21-40)31(18-26)44(41)42)15-16-39(19-25-13-8-14-29(32(25)34)33(36,37)38)20-27(23-9-4-2-5-10-23)24-11-6-3-7-12-24/h2-14,17-18,22,27,40H,15-16,19-21H2,1H3,(H,41,42)/t22-/m1/s1. The molecule has 5 nitrogen and oxygen atoms in total. The van der Waals surface area contributed by atoms with Crippen molar-refractivity contribution in [2.75, 3.05) is 13.1 Å². The van der Waals surface area contributed by atoms with Gasteiger partial charge < -0.3 is 14.4 Å². The molecule has 0 aliphatic carbocycles. The molecule has 0 saturated carbocycles. The minimum absolute atomic E-state index is 0.0171. The van der Waals surface area contributed by atoms with Crippen molar-refractivity contribution in [1.82, 2.24) is 4.90 Å². The molecule has 1 unspecified atom stereocenters. The quantitative estimate of drug-likeness (QED) is 0.113. The zero-order chi connectivity index (χ0) is 31.9. The molecule has 0 spiro atoms. The summed E-state index contributed by atoms with van der Waals surface area (Å²) in [4.78, 5) is 1.72. The first-order valence-corrected chi connectivity index (χ1v) is 15.3. The topological polar surface area (TPSA) is 70.0 Å². The van der Waals surface area contributed by atoms with Gasteiger partial charge in [-0.2, -0.15) is 13.2 Å². The van der Waals surface area contributed by atoms with Gasteiger partial charge in [-0.15, -0.1) is 0 Å². The molecule has 234 valence electrons. The van der Waals surface area contributed by atoms with E-state index in [2.05, 4.69) is 0 Å². The molecule has 0 bridgehead atoms. The molecule has 0 heterocycles. The summed E-state index contributed by atoms with van der Waals surface area (Å²) in [5.74, 6) is -0.965. The maximum atomic E-state index is 14.5. The summed E-state index contributed by atoms with van der Waals surface area (Å²) in [7, 11) is 0. The molecule has 4 rings (SSSR count).